The van der Waals surface area contributed by atoms with Crippen molar-refractivity contribution >= 4 is 0 Å². The smallest absolute Gasteiger partial charge is 0.134 e. The molecule has 0 fully saturated rings. The first-order valence-electron chi connectivity index (χ1n) is 5.16. The molecule has 13 heavy (non-hydrogen) atoms. The van der Waals surface area contributed by atoms with Crippen LogP contribution < -0.4 is 0 Å². The van der Waals surface area contributed by atoms with Crippen molar-refractivity contribution in [2.24, 2.45) is 6.98 Å². The third-order valence-corrected chi connectivity index (χ3v) is 1.64. The van der Waals surface area contributed by atoms with E-state index in [4.69, 9.17) is 4.11 Å². The summed E-state index contributed by atoms with van der Waals surface area (Å²) in [5.74, 6) is 0.0270. The zero-order chi connectivity index (χ0) is 11.8. The lowest BCUT2D eigenvalue weighted by molar-refractivity contribution is 0.473. The van der Waals surface area contributed by atoms with Gasteiger partial charge in [-0.05, 0) is 6.07 Å². The van der Waals surface area contributed by atoms with Crippen LogP contribution in [0.4, 0.5) is 0 Å². The molecule has 0 bridgehead atoms. The zero-order valence-corrected chi connectivity index (χ0v) is 6.68. The summed E-state index contributed by atoms with van der Waals surface area (Å²) in [6.07, 6.45) is 5.64. The standard InChI is InChI=1S/C9H9N3O/c1-12-6-8(4-11-12)7-2-9(13)5-10-3-7/h2-6,13H,1H3/i1D3. The molecule has 0 unspecified atom stereocenters. The van der Waals surface area contributed by atoms with Crippen molar-refractivity contribution in [3.63, 3.8) is 0 Å². The fourth-order valence-corrected chi connectivity index (χ4v) is 1.06. The molecule has 2 aromatic heterocycles. The molecule has 0 spiro atoms. The van der Waals surface area contributed by atoms with Gasteiger partial charge in [0.15, 0.2) is 0 Å². The highest BCUT2D eigenvalue weighted by Crippen LogP contribution is 2.20. The maximum atomic E-state index is 9.24. The summed E-state index contributed by atoms with van der Waals surface area (Å²) in [5.41, 5.74) is 1.22. The van der Waals surface area contributed by atoms with Crippen molar-refractivity contribution < 1.29 is 9.22 Å². The molecule has 66 valence electrons. The normalized spacial score (nSPS) is 14.6. The monoisotopic (exact) mass is 178 g/mol. The molecular weight excluding hydrogens is 166 g/mol. The quantitative estimate of drug-likeness (QED) is 0.713. The van der Waals surface area contributed by atoms with E-state index in [-0.39, 0.29) is 5.75 Å². The van der Waals surface area contributed by atoms with Crippen LogP contribution in [-0.2, 0) is 6.98 Å². The van der Waals surface area contributed by atoms with Crippen LogP contribution in [0.2, 0.25) is 0 Å². The SMILES string of the molecule is [2H]C([2H])([2H])n1cc(-c2cncc(O)c2)cn1. The number of hydrogen-bond donors (Lipinski definition) is 1. The Kier molecular flexibility index (Phi) is 1.12. The van der Waals surface area contributed by atoms with E-state index in [2.05, 4.69) is 10.1 Å². The van der Waals surface area contributed by atoms with Gasteiger partial charge in [-0.1, -0.05) is 0 Å². The van der Waals surface area contributed by atoms with Gasteiger partial charge < -0.3 is 5.11 Å². The Morgan fingerprint density at radius 1 is 1.38 bits per heavy atom. The lowest BCUT2D eigenvalue weighted by atomic mass is 10.2. The van der Waals surface area contributed by atoms with Gasteiger partial charge in [0.1, 0.15) is 5.75 Å². The van der Waals surface area contributed by atoms with Gasteiger partial charge in [-0.2, -0.15) is 5.10 Å². The number of aromatic hydroxyl groups is 1. The average Bonchev–Trinajstić information content (AvgIpc) is 2.65. The maximum Gasteiger partial charge on any atom is 0.134 e. The molecule has 4 heteroatoms. The molecule has 2 rings (SSSR count). The van der Waals surface area contributed by atoms with E-state index in [1.807, 2.05) is 0 Å². The summed E-state index contributed by atoms with van der Waals surface area (Å²) < 4.78 is 22.4. The topological polar surface area (TPSA) is 50.9 Å². The number of aryl methyl sites for hydroxylation is 1. The first-order valence-corrected chi connectivity index (χ1v) is 3.66. The maximum absolute atomic E-state index is 9.24. The zero-order valence-electron chi connectivity index (χ0n) is 9.68. The second-order valence-electron chi connectivity index (χ2n) is 2.61. The first-order chi connectivity index (χ1) is 7.47. The lowest BCUT2D eigenvalue weighted by Gasteiger charge is -1.95. The van der Waals surface area contributed by atoms with Crippen LogP contribution >= 0.6 is 0 Å². The van der Waals surface area contributed by atoms with Crippen molar-refractivity contribution in [2.45, 2.75) is 0 Å². The predicted molar refractivity (Wildman–Crippen MR) is 48.1 cm³/mol. The molecule has 0 atom stereocenters. The molecule has 0 aliphatic heterocycles. The van der Waals surface area contributed by atoms with E-state index in [0.717, 1.165) is 4.68 Å². The van der Waals surface area contributed by atoms with E-state index >= 15 is 0 Å². The van der Waals surface area contributed by atoms with Crippen molar-refractivity contribution in [1.82, 2.24) is 14.8 Å². The highest BCUT2D eigenvalue weighted by Gasteiger charge is 2.00. The Hall–Kier alpha value is -1.84. The second-order valence-corrected chi connectivity index (χ2v) is 2.61. The lowest BCUT2D eigenvalue weighted by Crippen LogP contribution is -1.84. The summed E-state index contributed by atoms with van der Waals surface area (Å²) >= 11 is 0. The van der Waals surface area contributed by atoms with E-state index < -0.39 is 6.98 Å². The molecule has 1 N–H and O–H groups in total. The molecule has 0 amide bonds. The fraction of sp³-hybridized carbons (Fsp3) is 0.111. The van der Waals surface area contributed by atoms with Gasteiger partial charge in [-0.15, -0.1) is 0 Å². The van der Waals surface area contributed by atoms with Gasteiger partial charge >= 0.3 is 0 Å². The second kappa shape index (κ2) is 2.90. The van der Waals surface area contributed by atoms with Crippen molar-refractivity contribution in [1.29, 1.82) is 0 Å². The largest absolute Gasteiger partial charge is 0.506 e. The average molecular weight is 178 g/mol. The highest BCUT2D eigenvalue weighted by atomic mass is 16.3. The summed E-state index contributed by atoms with van der Waals surface area (Å²) in [4.78, 5) is 3.80. The van der Waals surface area contributed by atoms with E-state index in [1.165, 1.54) is 30.9 Å². The highest BCUT2D eigenvalue weighted by molar-refractivity contribution is 5.61. The summed E-state index contributed by atoms with van der Waals surface area (Å²) in [7, 11) is 0. The van der Waals surface area contributed by atoms with Gasteiger partial charge in [-0.25, -0.2) is 0 Å². The van der Waals surface area contributed by atoms with Crippen molar-refractivity contribution in [3.05, 3.63) is 30.9 Å². The van der Waals surface area contributed by atoms with Crippen LogP contribution in [-0.4, -0.2) is 19.9 Å². The molecule has 0 aliphatic carbocycles. The predicted octanol–water partition coefficient (Wildman–Crippen LogP) is 1.19. The Morgan fingerprint density at radius 3 is 3.00 bits per heavy atom. The summed E-state index contributed by atoms with van der Waals surface area (Å²) in [6, 6.07) is 1.49. The third kappa shape index (κ3) is 1.51. The number of aromatic nitrogens is 3. The Balaban J connectivity index is 2.39. The third-order valence-electron chi connectivity index (χ3n) is 1.64. The van der Waals surface area contributed by atoms with Crippen molar-refractivity contribution in [3.8, 4) is 16.9 Å². The number of nitrogens with zero attached hydrogens (tertiary/aromatic N) is 3. The molecule has 0 radical (unpaired) electrons. The van der Waals surface area contributed by atoms with Crippen molar-refractivity contribution in [2.75, 3.05) is 0 Å². The van der Waals surface area contributed by atoms with Crippen LogP contribution in [0.5, 0.6) is 5.75 Å². The molecule has 0 saturated carbocycles. The minimum Gasteiger partial charge on any atom is -0.506 e. The van der Waals surface area contributed by atoms with Crippen LogP contribution in [0.3, 0.4) is 0 Å². The molecular formula is C9H9N3O. The Labute approximate surface area is 79.7 Å². The van der Waals surface area contributed by atoms with Crippen LogP contribution in [0, 0.1) is 0 Å². The minimum atomic E-state index is -2.29. The van der Waals surface area contributed by atoms with Crippen LogP contribution in [0.25, 0.3) is 11.1 Å². The molecule has 0 saturated heterocycles. The Morgan fingerprint density at radius 2 is 2.31 bits per heavy atom. The number of pyridine rings is 1. The molecule has 4 nitrogen and oxygen atoms in total. The molecule has 2 aromatic rings. The van der Waals surface area contributed by atoms with Gasteiger partial charge in [0.25, 0.3) is 0 Å². The minimum absolute atomic E-state index is 0.0270. The van der Waals surface area contributed by atoms with Gasteiger partial charge in [0.2, 0.25) is 0 Å². The molecule has 0 aromatic carbocycles. The number of rotatable bonds is 1. The fourth-order valence-electron chi connectivity index (χ4n) is 1.06. The van der Waals surface area contributed by atoms with Gasteiger partial charge in [0.05, 0.1) is 12.4 Å². The summed E-state index contributed by atoms with van der Waals surface area (Å²) in [6.45, 7) is -2.29. The first kappa shape index (κ1) is 5.01. The molecule has 0 aliphatic rings. The van der Waals surface area contributed by atoms with Crippen LogP contribution in [0.1, 0.15) is 4.11 Å². The summed E-state index contributed by atoms with van der Waals surface area (Å²) in [5, 5.41) is 13.0. The van der Waals surface area contributed by atoms with Gasteiger partial charge in [-0.3, -0.25) is 9.67 Å². The van der Waals surface area contributed by atoms with E-state index in [9.17, 15) is 5.11 Å². The van der Waals surface area contributed by atoms with Crippen LogP contribution in [0.15, 0.2) is 30.9 Å². The Bertz CT molecular complexity index is 507. The van der Waals surface area contributed by atoms with E-state index in [1.54, 1.807) is 0 Å². The van der Waals surface area contributed by atoms with E-state index in [0.29, 0.717) is 11.1 Å². The number of hydrogen-bond acceptors (Lipinski definition) is 3. The molecule has 2 heterocycles. The van der Waals surface area contributed by atoms with Gasteiger partial charge in [0, 0.05) is 34.6 Å².